The molecule has 1 N–H and O–H groups in total. The van der Waals surface area contributed by atoms with Crippen LogP contribution >= 0.6 is 11.8 Å². The van der Waals surface area contributed by atoms with Crippen molar-refractivity contribution in [2.45, 2.75) is 35.4 Å². The smallest absolute Gasteiger partial charge is 0.311 e. The number of amides is 2. The highest BCUT2D eigenvalue weighted by Crippen LogP contribution is 2.69. The Morgan fingerprint density at radius 3 is 2.63 bits per heavy atom. The largest absolute Gasteiger partial charge is 0.461 e. The predicted octanol–water partition coefficient (Wildman–Crippen LogP) is 2.13. The second-order valence-electron chi connectivity index (χ2n) is 11.4. The number of aliphatic hydroxyl groups excluding tert-OH is 1. The van der Waals surface area contributed by atoms with Crippen LogP contribution in [-0.4, -0.2) is 113 Å². The van der Waals surface area contributed by atoms with E-state index in [1.165, 1.54) is 6.08 Å². The summed E-state index contributed by atoms with van der Waals surface area (Å²) in [6.45, 7) is 13.8. The van der Waals surface area contributed by atoms with Gasteiger partial charge in [0.25, 0.3) is 0 Å². The van der Waals surface area contributed by atoms with Crippen LogP contribution in [0, 0.1) is 17.8 Å². The van der Waals surface area contributed by atoms with Gasteiger partial charge in [0.2, 0.25) is 11.8 Å². The summed E-state index contributed by atoms with van der Waals surface area (Å²) >= 11 is 1.61. The van der Waals surface area contributed by atoms with Crippen molar-refractivity contribution in [2.24, 2.45) is 17.8 Å². The molecule has 5 rings (SSSR count). The first-order valence-corrected chi connectivity index (χ1v) is 15.4. The first kappa shape index (κ1) is 29.8. The van der Waals surface area contributed by atoms with Crippen molar-refractivity contribution in [2.75, 3.05) is 59.2 Å². The number of rotatable bonds is 12. The second kappa shape index (κ2) is 12.7. The van der Waals surface area contributed by atoms with Gasteiger partial charge in [0.15, 0.2) is 0 Å². The van der Waals surface area contributed by atoms with Gasteiger partial charge in [0.1, 0.15) is 12.6 Å². The molecule has 10 heteroatoms. The molecule has 41 heavy (non-hydrogen) atoms. The van der Waals surface area contributed by atoms with Crippen LogP contribution in [0.5, 0.6) is 0 Å². The van der Waals surface area contributed by atoms with Gasteiger partial charge in [-0.05, 0) is 17.9 Å². The van der Waals surface area contributed by atoms with Crippen molar-refractivity contribution < 1.29 is 29.0 Å². The summed E-state index contributed by atoms with van der Waals surface area (Å²) in [5, 5.41) is 10.6. The fourth-order valence-electron chi connectivity index (χ4n) is 7.32. The van der Waals surface area contributed by atoms with Crippen LogP contribution in [0.15, 0.2) is 55.6 Å². The van der Waals surface area contributed by atoms with Gasteiger partial charge in [-0.15, -0.1) is 18.3 Å². The number of fused-ring (bicyclic) bond motifs is 1. The number of nitrogens with zero attached hydrogens (tertiary/aromatic N) is 3. The number of esters is 1. The average Bonchev–Trinajstić information content (AvgIpc) is 3.59. The maximum absolute atomic E-state index is 14.8. The Morgan fingerprint density at radius 2 is 1.98 bits per heavy atom. The van der Waals surface area contributed by atoms with Crippen LogP contribution in [0.2, 0.25) is 0 Å². The molecular formula is C31H41N3O6S. The lowest BCUT2D eigenvalue weighted by atomic mass is 9.66. The molecule has 7 atom stereocenters. The highest BCUT2D eigenvalue weighted by atomic mass is 32.2. The van der Waals surface area contributed by atoms with E-state index in [4.69, 9.17) is 9.47 Å². The molecule has 1 aromatic rings. The van der Waals surface area contributed by atoms with E-state index in [2.05, 4.69) is 25.0 Å². The zero-order valence-corrected chi connectivity index (χ0v) is 24.5. The maximum atomic E-state index is 14.8. The van der Waals surface area contributed by atoms with Crippen molar-refractivity contribution in [1.82, 2.24) is 14.7 Å². The van der Waals surface area contributed by atoms with E-state index in [-0.39, 0.29) is 36.2 Å². The van der Waals surface area contributed by atoms with E-state index in [0.717, 1.165) is 18.7 Å². The highest BCUT2D eigenvalue weighted by molar-refractivity contribution is 8.02. The molecule has 4 saturated heterocycles. The summed E-state index contributed by atoms with van der Waals surface area (Å²) < 4.78 is 10.2. The Balaban J connectivity index is 1.55. The molecule has 4 heterocycles. The Morgan fingerprint density at radius 1 is 1.24 bits per heavy atom. The maximum Gasteiger partial charge on any atom is 0.311 e. The molecule has 3 unspecified atom stereocenters. The van der Waals surface area contributed by atoms with Crippen molar-refractivity contribution in [3.05, 3.63) is 61.2 Å². The number of ether oxygens (including phenoxy) is 2. The van der Waals surface area contributed by atoms with Crippen LogP contribution < -0.4 is 0 Å². The molecule has 4 aliphatic heterocycles. The predicted molar refractivity (Wildman–Crippen MR) is 157 cm³/mol. The minimum absolute atomic E-state index is 0.00814. The van der Waals surface area contributed by atoms with E-state index in [1.807, 2.05) is 30.3 Å². The molecule has 0 aromatic heterocycles. The first-order chi connectivity index (χ1) is 19.9. The van der Waals surface area contributed by atoms with E-state index in [0.29, 0.717) is 39.3 Å². The molecule has 222 valence electrons. The normalized spacial score (nSPS) is 31.5. The molecular weight excluding hydrogens is 542 g/mol. The SMILES string of the molecule is C=CCOC(=O)[C@@H]1[C@H]2C(=O)N([C@H](CO)c3ccccc3)C(C(=O)N(CC=C)CCN3CCOCC3)C23S[C@@H]1CC3C. The lowest BCUT2D eigenvalue weighted by Crippen LogP contribution is -2.58. The standard InChI is InChI=1S/C31H41N3O6S/c1-4-11-33(13-12-32-14-17-39-18-15-32)29(37)27-31-21(3)19-24(41-31)25(30(38)40-16-5-2)26(31)28(36)34(27)23(20-35)22-9-7-6-8-10-22/h4-10,21,23-27,35H,1-2,11-20H2,3H3/t21?,23-,24-,25+,26+,27?,31?/m1/s1. The zero-order valence-electron chi connectivity index (χ0n) is 23.7. The topological polar surface area (TPSA) is 99.6 Å². The highest BCUT2D eigenvalue weighted by Gasteiger charge is 2.77. The second-order valence-corrected chi connectivity index (χ2v) is 12.9. The molecule has 9 nitrogen and oxygen atoms in total. The van der Waals surface area contributed by atoms with Gasteiger partial charge in [-0.25, -0.2) is 0 Å². The number of thioether (sulfide) groups is 1. The van der Waals surface area contributed by atoms with E-state index >= 15 is 0 Å². The van der Waals surface area contributed by atoms with E-state index in [9.17, 15) is 19.5 Å². The number of carbonyl (C=O) groups excluding carboxylic acids is 3. The van der Waals surface area contributed by atoms with Crippen LogP contribution in [0.1, 0.15) is 24.9 Å². The fraction of sp³-hybridized carbons (Fsp3) is 0.581. The molecule has 1 aromatic carbocycles. The van der Waals surface area contributed by atoms with Gasteiger partial charge in [-0.2, -0.15) is 0 Å². The van der Waals surface area contributed by atoms with Crippen LogP contribution in [-0.2, 0) is 23.9 Å². The Kier molecular flexibility index (Phi) is 9.23. The molecule has 2 bridgehead atoms. The van der Waals surface area contributed by atoms with Gasteiger partial charge in [-0.1, -0.05) is 56.0 Å². The minimum atomic E-state index is -0.843. The molecule has 4 fully saturated rings. The summed E-state index contributed by atoms with van der Waals surface area (Å²) in [7, 11) is 0. The van der Waals surface area contributed by atoms with Crippen molar-refractivity contribution in [1.29, 1.82) is 0 Å². The third-order valence-electron chi connectivity index (χ3n) is 9.18. The van der Waals surface area contributed by atoms with Crippen LogP contribution in [0.3, 0.4) is 0 Å². The molecule has 0 radical (unpaired) electrons. The van der Waals surface area contributed by atoms with Gasteiger partial charge < -0.3 is 24.4 Å². The monoisotopic (exact) mass is 583 g/mol. The van der Waals surface area contributed by atoms with Crippen molar-refractivity contribution in [3.63, 3.8) is 0 Å². The Bertz CT molecular complexity index is 1140. The van der Waals surface area contributed by atoms with E-state index < -0.39 is 34.6 Å². The molecule has 2 amide bonds. The molecule has 1 spiro atoms. The number of benzene rings is 1. The van der Waals surface area contributed by atoms with Gasteiger partial charge >= 0.3 is 5.97 Å². The summed E-state index contributed by atoms with van der Waals surface area (Å²) in [4.78, 5) is 48.3. The van der Waals surface area contributed by atoms with Crippen molar-refractivity contribution in [3.8, 4) is 0 Å². The van der Waals surface area contributed by atoms with Crippen molar-refractivity contribution >= 4 is 29.5 Å². The average molecular weight is 584 g/mol. The lowest BCUT2D eigenvalue weighted by molar-refractivity contribution is -0.154. The fourth-order valence-corrected chi connectivity index (χ4v) is 9.71. The summed E-state index contributed by atoms with van der Waals surface area (Å²) in [5.41, 5.74) is 0.749. The third kappa shape index (κ3) is 5.24. The van der Waals surface area contributed by atoms with E-state index in [1.54, 1.807) is 27.6 Å². The first-order valence-electron chi connectivity index (χ1n) is 14.5. The van der Waals surface area contributed by atoms with Gasteiger partial charge in [0, 0.05) is 38.0 Å². The van der Waals surface area contributed by atoms with Gasteiger partial charge in [-0.3, -0.25) is 19.3 Å². The van der Waals surface area contributed by atoms with Crippen LogP contribution in [0.4, 0.5) is 0 Å². The number of carbonyl (C=O) groups is 3. The molecule has 4 aliphatic rings. The number of likely N-dealkylation sites (tertiary alicyclic amines) is 1. The Labute approximate surface area is 246 Å². The molecule has 0 aliphatic carbocycles. The number of aliphatic hydroxyl groups is 1. The van der Waals surface area contributed by atoms with Gasteiger partial charge in [0.05, 0.1) is 42.4 Å². The quantitative estimate of drug-likeness (QED) is 0.295. The third-order valence-corrected chi connectivity index (χ3v) is 11.3. The number of hydrogen-bond acceptors (Lipinski definition) is 8. The summed E-state index contributed by atoms with van der Waals surface area (Å²) in [6, 6.07) is 7.76. The summed E-state index contributed by atoms with van der Waals surface area (Å²) in [6.07, 6.45) is 3.95. The molecule has 0 saturated carbocycles. The zero-order chi connectivity index (χ0) is 29.1. The Hall–Kier alpha value is -2.66. The number of hydrogen-bond donors (Lipinski definition) is 1. The number of morpholine rings is 1. The minimum Gasteiger partial charge on any atom is -0.461 e. The lowest BCUT2D eigenvalue weighted by Gasteiger charge is -2.42. The summed E-state index contributed by atoms with van der Waals surface area (Å²) in [5.74, 6) is -2.20. The van der Waals surface area contributed by atoms with Crippen LogP contribution in [0.25, 0.3) is 0 Å².